The van der Waals surface area contributed by atoms with Gasteiger partial charge in [0.2, 0.25) is 5.91 Å². The van der Waals surface area contributed by atoms with Crippen molar-refractivity contribution in [1.82, 2.24) is 15.6 Å². The Labute approximate surface area is 216 Å². The normalized spacial score (nSPS) is 32.4. The number of fused-ring (bicyclic) bond motifs is 2. The maximum absolute atomic E-state index is 13.0. The van der Waals surface area contributed by atoms with Gasteiger partial charge in [0, 0.05) is 55.4 Å². The largest absolute Gasteiger partial charge is 0.390 e. The predicted octanol–water partition coefficient (Wildman–Crippen LogP) is 4.71. The SMILES string of the molecule is CC1(O)CCC2(CCC(=O)NCCc3c[nH]c4ccccc34)C(NC3CCOCC3)CC(C)(C)C2C1. The van der Waals surface area contributed by atoms with Gasteiger partial charge in [-0.3, -0.25) is 4.79 Å². The first-order valence-corrected chi connectivity index (χ1v) is 14.1. The molecule has 1 amide bonds. The van der Waals surface area contributed by atoms with Crippen molar-refractivity contribution in [3.63, 3.8) is 0 Å². The minimum atomic E-state index is -0.611. The van der Waals surface area contributed by atoms with Gasteiger partial charge < -0.3 is 25.5 Å². The second-order valence-electron chi connectivity index (χ2n) is 12.7. The molecule has 36 heavy (non-hydrogen) atoms. The predicted molar refractivity (Wildman–Crippen MR) is 144 cm³/mol. The maximum Gasteiger partial charge on any atom is 0.220 e. The summed E-state index contributed by atoms with van der Waals surface area (Å²) in [6.07, 6.45) is 10.2. The highest BCUT2D eigenvalue weighted by Crippen LogP contribution is 2.64. The first-order chi connectivity index (χ1) is 17.2. The Bertz CT molecular complexity index is 1050. The van der Waals surface area contributed by atoms with E-state index in [9.17, 15) is 9.90 Å². The summed E-state index contributed by atoms with van der Waals surface area (Å²) in [6, 6.07) is 9.19. The van der Waals surface area contributed by atoms with Gasteiger partial charge in [-0.15, -0.1) is 0 Å². The Morgan fingerprint density at radius 1 is 1.14 bits per heavy atom. The molecule has 2 aromatic rings. The number of H-pyrrole nitrogens is 1. The van der Waals surface area contributed by atoms with Crippen molar-refractivity contribution in [1.29, 1.82) is 0 Å². The van der Waals surface area contributed by atoms with E-state index >= 15 is 0 Å². The molecule has 2 heterocycles. The third-order valence-corrected chi connectivity index (χ3v) is 9.70. The Kier molecular flexibility index (Phi) is 7.23. The third-order valence-electron chi connectivity index (χ3n) is 9.70. The number of aromatic nitrogens is 1. The van der Waals surface area contributed by atoms with Gasteiger partial charge in [-0.25, -0.2) is 0 Å². The summed E-state index contributed by atoms with van der Waals surface area (Å²) in [6.45, 7) is 9.07. The van der Waals surface area contributed by atoms with E-state index in [1.54, 1.807) is 0 Å². The van der Waals surface area contributed by atoms with Crippen molar-refractivity contribution >= 4 is 16.8 Å². The Balaban J connectivity index is 1.24. The van der Waals surface area contributed by atoms with Gasteiger partial charge in [-0.1, -0.05) is 32.0 Å². The molecule has 0 radical (unpaired) electrons. The lowest BCUT2D eigenvalue weighted by Crippen LogP contribution is -2.54. The molecule has 198 valence electrons. The highest BCUT2D eigenvalue weighted by atomic mass is 16.5. The number of hydrogen-bond donors (Lipinski definition) is 4. The van der Waals surface area contributed by atoms with Crippen molar-refractivity contribution in [3.05, 3.63) is 36.0 Å². The van der Waals surface area contributed by atoms with E-state index in [1.807, 2.05) is 13.0 Å². The summed E-state index contributed by atoms with van der Waals surface area (Å²) in [7, 11) is 0. The molecule has 2 saturated carbocycles. The lowest BCUT2D eigenvalue weighted by atomic mass is 9.57. The zero-order valence-electron chi connectivity index (χ0n) is 22.4. The second-order valence-corrected chi connectivity index (χ2v) is 12.7. The van der Waals surface area contributed by atoms with Gasteiger partial charge in [-0.05, 0) is 86.7 Å². The number of carbonyl (C=O) groups is 1. The monoisotopic (exact) mass is 495 g/mol. The average molecular weight is 496 g/mol. The van der Waals surface area contributed by atoms with Gasteiger partial charge in [0.25, 0.3) is 0 Å². The summed E-state index contributed by atoms with van der Waals surface area (Å²) in [5, 5.41) is 19.5. The molecule has 4 N–H and O–H groups in total. The van der Waals surface area contributed by atoms with Gasteiger partial charge in [0.05, 0.1) is 5.60 Å². The molecular weight excluding hydrogens is 450 g/mol. The molecule has 5 rings (SSSR count). The average Bonchev–Trinajstić information content (AvgIpc) is 3.35. The van der Waals surface area contributed by atoms with Crippen LogP contribution in [-0.4, -0.2) is 53.4 Å². The molecule has 4 atom stereocenters. The molecule has 6 heteroatoms. The maximum atomic E-state index is 13.0. The number of para-hydroxylation sites is 1. The molecule has 3 aliphatic rings. The molecule has 1 aliphatic heterocycles. The van der Waals surface area contributed by atoms with E-state index in [1.165, 1.54) is 10.9 Å². The number of nitrogens with one attached hydrogen (secondary N) is 3. The van der Waals surface area contributed by atoms with Crippen LogP contribution < -0.4 is 10.6 Å². The van der Waals surface area contributed by atoms with E-state index in [4.69, 9.17) is 4.74 Å². The molecule has 0 bridgehead atoms. The molecule has 1 saturated heterocycles. The number of hydrogen-bond acceptors (Lipinski definition) is 4. The smallest absolute Gasteiger partial charge is 0.220 e. The van der Waals surface area contributed by atoms with Crippen LogP contribution in [-0.2, 0) is 16.0 Å². The molecule has 1 aromatic heterocycles. The van der Waals surface area contributed by atoms with Crippen LogP contribution in [0.25, 0.3) is 10.9 Å². The number of amides is 1. The lowest BCUT2D eigenvalue weighted by Gasteiger charge is -2.51. The van der Waals surface area contributed by atoms with Crippen LogP contribution in [0.1, 0.15) is 77.7 Å². The summed E-state index contributed by atoms with van der Waals surface area (Å²) in [5.74, 6) is 0.555. The van der Waals surface area contributed by atoms with Gasteiger partial charge in [-0.2, -0.15) is 0 Å². The summed E-state index contributed by atoms with van der Waals surface area (Å²) in [5.41, 5.74) is 1.97. The number of rotatable bonds is 8. The molecule has 0 spiro atoms. The molecule has 1 aromatic carbocycles. The first kappa shape index (κ1) is 25.7. The van der Waals surface area contributed by atoms with Crippen LogP contribution in [0.15, 0.2) is 30.5 Å². The third kappa shape index (κ3) is 5.23. The van der Waals surface area contributed by atoms with Crippen LogP contribution in [0, 0.1) is 16.7 Å². The minimum Gasteiger partial charge on any atom is -0.390 e. The van der Waals surface area contributed by atoms with Crippen LogP contribution >= 0.6 is 0 Å². The topological polar surface area (TPSA) is 86.4 Å². The number of aliphatic hydroxyl groups is 1. The van der Waals surface area contributed by atoms with Crippen molar-refractivity contribution < 1.29 is 14.6 Å². The van der Waals surface area contributed by atoms with Crippen LogP contribution in [0.4, 0.5) is 0 Å². The molecule has 3 fully saturated rings. The highest BCUT2D eigenvalue weighted by molar-refractivity contribution is 5.83. The Morgan fingerprint density at radius 2 is 1.92 bits per heavy atom. The zero-order chi connectivity index (χ0) is 25.4. The van der Waals surface area contributed by atoms with Crippen molar-refractivity contribution in [2.24, 2.45) is 16.7 Å². The first-order valence-electron chi connectivity index (χ1n) is 14.1. The van der Waals surface area contributed by atoms with Crippen molar-refractivity contribution in [2.75, 3.05) is 19.8 Å². The molecule has 4 unspecified atom stereocenters. The molecule has 6 nitrogen and oxygen atoms in total. The summed E-state index contributed by atoms with van der Waals surface area (Å²) >= 11 is 0. The standard InChI is InChI=1S/C30H45N3O3/c1-28(2)19-26(33-22-10-16-36-17-11-22)30(14-13-29(3,35)18-25(28)30)12-8-27(34)31-15-9-21-20-32-24-7-5-4-6-23(21)24/h4-7,20,22,25-26,32-33,35H,8-19H2,1-3H3,(H,31,34). The van der Waals surface area contributed by atoms with E-state index in [2.05, 4.69) is 53.9 Å². The second kappa shape index (κ2) is 10.1. The number of carbonyl (C=O) groups excluding carboxylic acids is 1. The summed E-state index contributed by atoms with van der Waals surface area (Å²) < 4.78 is 5.60. The zero-order valence-corrected chi connectivity index (χ0v) is 22.4. The van der Waals surface area contributed by atoms with Crippen LogP contribution in [0.2, 0.25) is 0 Å². The molecular formula is C30H45N3O3. The summed E-state index contributed by atoms with van der Waals surface area (Å²) in [4.78, 5) is 16.4. The quantitative estimate of drug-likeness (QED) is 0.427. The Hall–Kier alpha value is -1.89. The van der Waals surface area contributed by atoms with Gasteiger partial charge in [0.15, 0.2) is 0 Å². The van der Waals surface area contributed by atoms with Gasteiger partial charge >= 0.3 is 0 Å². The minimum absolute atomic E-state index is 0.0538. The fourth-order valence-corrected chi connectivity index (χ4v) is 7.72. The van der Waals surface area contributed by atoms with Gasteiger partial charge in [0.1, 0.15) is 0 Å². The van der Waals surface area contributed by atoms with Crippen LogP contribution in [0.3, 0.4) is 0 Å². The highest BCUT2D eigenvalue weighted by Gasteiger charge is 2.61. The lowest BCUT2D eigenvalue weighted by molar-refractivity contribution is -0.123. The fourth-order valence-electron chi connectivity index (χ4n) is 7.72. The van der Waals surface area contributed by atoms with Crippen molar-refractivity contribution in [2.45, 2.75) is 96.2 Å². The van der Waals surface area contributed by atoms with E-state index in [0.29, 0.717) is 31.0 Å². The van der Waals surface area contributed by atoms with E-state index < -0.39 is 5.60 Å². The number of benzene rings is 1. The number of ether oxygens (including phenoxy) is 1. The Morgan fingerprint density at radius 3 is 2.72 bits per heavy atom. The number of aromatic amines is 1. The van der Waals surface area contributed by atoms with Crippen LogP contribution in [0.5, 0.6) is 0 Å². The molecule has 2 aliphatic carbocycles. The fraction of sp³-hybridized carbons (Fsp3) is 0.700. The van der Waals surface area contributed by atoms with E-state index in [0.717, 1.165) is 70.1 Å². The van der Waals surface area contributed by atoms with Crippen molar-refractivity contribution in [3.8, 4) is 0 Å². The van der Waals surface area contributed by atoms with E-state index in [-0.39, 0.29) is 16.7 Å².